The highest BCUT2D eigenvalue weighted by atomic mass is 16.6. The van der Waals surface area contributed by atoms with Gasteiger partial charge < -0.3 is 19.3 Å². The Morgan fingerprint density at radius 2 is 1.63 bits per heavy atom. The largest absolute Gasteiger partial charge is 0.485 e. The molecule has 1 unspecified atom stereocenters. The molecule has 0 radical (unpaired) electrons. The fourth-order valence-electron chi connectivity index (χ4n) is 11.6. The number of hydrogen-bond acceptors (Lipinski definition) is 8. The lowest BCUT2D eigenvalue weighted by atomic mass is 9.31. The molecule has 3 aromatic rings. The molecule has 0 aromatic heterocycles. The van der Waals surface area contributed by atoms with Crippen molar-refractivity contribution >= 4 is 23.5 Å². The van der Waals surface area contributed by atoms with Crippen molar-refractivity contribution in [1.29, 1.82) is 0 Å². The second kappa shape index (κ2) is 11.9. The first kappa shape index (κ1) is 35.5. The second-order valence-electron chi connectivity index (χ2n) is 18.7. The van der Waals surface area contributed by atoms with Crippen LogP contribution in [0.5, 0.6) is 17.2 Å². The van der Waals surface area contributed by atoms with Crippen LogP contribution in [0.15, 0.2) is 60.7 Å². The third-order valence-corrected chi connectivity index (χ3v) is 15.0. The summed E-state index contributed by atoms with van der Waals surface area (Å²) in [7, 11) is 0. The Morgan fingerprint density at radius 1 is 0.926 bits per heavy atom. The molecule has 7 aliphatic rings. The molecule has 10 rings (SSSR count). The van der Waals surface area contributed by atoms with Crippen LogP contribution in [-0.4, -0.2) is 58.7 Å². The second-order valence-corrected chi connectivity index (χ2v) is 18.7. The van der Waals surface area contributed by atoms with Crippen LogP contribution in [0.3, 0.4) is 0 Å². The van der Waals surface area contributed by atoms with Gasteiger partial charge in [0.15, 0.2) is 17.3 Å². The van der Waals surface area contributed by atoms with Crippen molar-refractivity contribution in [2.24, 2.45) is 28.1 Å². The van der Waals surface area contributed by atoms with Crippen molar-refractivity contribution in [1.82, 2.24) is 4.90 Å². The summed E-state index contributed by atoms with van der Waals surface area (Å²) in [5.41, 5.74) is 2.14. The number of likely N-dealkylation sites (tertiary alicyclic amines) is 1. The number of amides is 1. The number of fused-ring (bicyclic) bond motifs is 2. The van der Waals surface area contributed by atoms with Crippen molar-refractivity contribution in [3.8, 4) is 17.2 Å². The smallest absolute Gasteiger partial charge is 0.417 e. The summed E-state index contributed by atoms with van der Waals surface area (Å²) in [6, 6.07) is 17.3. The van der Waals surface area contributed by atoms with Crippen LogP contribution in [-0.2, 0) is 11.8 Å². The molecular weight excluding hydrogens is 681 g/mol. The molecule has 9 nitrogen and oxygen atoms in total. The van der Waals surface area contributed by atoms with E-state index in [0.717, 1.165) is 51.1 Å². The molecular formula is C45H52N2O7. The molecule has 2 N–H and O–H groups in total. The van der Waals surface area contributed by atoms with E-state index in [1.807, 2.05) is 6.07 Å². The Labute approximate surface area is 317 Å². The lowest BCUT2D eigenvalue weighted by Gasteiger charge is -2.75. The molecule has 4 saturated carbocycles. The molecule has 1 amide bonds. The van der Waals surface area contributed by atoms with Gasteiger partial charge in [0, 0.05) is 45.6 Å². The molecule has 54 heavy (non-hydrogen) atoms. The van der Waals surface area contributed by atoms with Crippen molar-refractivity contribution in [3.63, 3.8) is 0 Å². The van der Waals surface area contributed by atoms with Crippen LogP contribution in [0, 0.1) is 28.1 Å². The van der Waals surface area contributed by atoms with Crippen molar-refractivity contribution in [2.45, 2.75) is 110 Å². The minimum absolute atomic E-state index is 0.0392. The van der Waals surface area contributed by atoms with Gasteiger partial charge >= 0.3 is 12.1 Å². The molecule has 2 aliphatic heterocycles. The number of benzene rings is 3. The van der Waals surface area contributed by atoms with Gasteiger partial charge in [-0.2, -0.15) is 0 Å². The molecule has 4 bridgehead atoms. The summed E-state index contributed by atoms with van der Waals surface area (Å²) < 4.78 is 18.8. The molecule has 2 heterocycles. The molecule has 7 atom stereocenters. The molecule has 5 aliphatic carbocycles. The number of esters is 1. The molecule has 284 valence electrons. The number of aliphatic hydroxyl groups is 1. The first-order chi connectivity index (χ1) is 25.6. The highest BCUT2D eigenvalue weighted by Crippen LogP contribution is 2.79. The number of piperidine rings is 1. The fourth-order valence-corrected chi connectivity index (χ4v) is 11.6. The van der Waals surface area contributed by atoms with Gasteiger partial charge in [0.2, 0.25) is 0 Å². The average molecular weight is 733 g/mol. The zero-order chi connectivity index (χ0) is 38.0. The summed E-state index contributed by atoms with van der Waals surface area (Å²) in [5, 5.41) is 15.3. The Kier molecular flexibility index (Phi) is 7.82. The minimum atomic E-state index is -0.905. The molecule has 3 aromatic carbocycles. The molecule has 1 saturated heterocycles. The Bertz CT molecular complexity index is 2050. The van der Waals surface area contributed by atoms with Gasteiger partial charge in [-0.25, -0.2) is 9.59 Å². The number of carbonyl (C=O) groups excluding carboxylic acids is 3. The van der Waals surface area contributed by atoms with E-state index >= 15 is 0 Å². The molecule has 2 spiro atoms. The Hall–Kier alpha value is -4.21. The maximum absolute atomic E-state index is 13.5. The van der Waals surface area contributed by atoms with Gasteiger partial charge in [-0.05, 0) is 143 Å². The fraction of sp³-hybridized carbons (Fsp3) is 0.533. The summed E-state index contributed by atoms with van der Waals surface area (Å²) in [6.45, 7) is 14.6. The summed E-state index contributed by atoms with van der Waals surface area (Å²) >= 11 is 0. The van der Waals surface area contributed by atoms with Crippen LogP contribution in [0.2, 0.25) is 0 Å². The highest BCUT2D eigenvalue weighted by Gasteiger charge is 2.80. The number of hydrogen-bond donors (Lipinski definition) is 2. The number of nitrogens with one attached hydrogen (secondary N) is 1. The van der Waals surface area contributed by atoms with E-state index in [1.54, 1.807) is 48.5 Å². The van der Waals surface area contributed by atoms with Gasteiger partial charge in [0.1, 0.15) is 11.9 Å². The Morgan fingerprint density at radius 3 is 2.30 bits per heavy atom. The van der Waals surface area contributed by atoms with Crippen molar-refractivity contribution in [2.75, 3.05) is 18.4 Å². The number of nitrogens with zero attached hydrogens (tertiary/aromatic N) is 1. The van der Waals surface area contributed by atoms with E-state index in [2.05, 4.69) is 50.9 Å². The predicted molar refractivity (Wildman–Crippen MR) is 204 cm³/mol. The van der Waals surface area contributed by atoms with E-state index in [9.17, 15) is 19.5 Å². The number of Topliss-reactive ketones (excluding diaryl/α,β-unsaturated/α-hetero) is 1. The van der Waals surface area contributed by atoms with Crippen LogP contribution >= 0.6 is 0 Å². The molecule has 5 fully saturated rings. The average Bonchev–Trinajstić information content (AvgIpc) is 3.87. The van der Waals surface area contributed by atoms with Gasteiger partial charge in [0.25, 0.3) is 0 Å². The van der Waals surface area contributed by atoms with Crippen molar-refractivity contribution in [3.05, 3.63) is 82.9 Å². The number of rotatable bonds is 8. The summed E-state index contributed by atoms with van der Waals surface area (Å²) in [4.78, 5) is 40.7. The molecule has 9 heteroatoms. The van der Waals surface area contributed by atoms with Crippen LogP contribution in [0.25, 0.3) is 0 Å². The maximum Gasteiger partial charge on any atom is 0.417 e. The van der Waals surface area contributed by atoms with Gasteiger partial charge in [-0.3, -0.25) is 15.0 Å². The van der Waals surface area contributed by atoms with E-state index in [4.69, 9.17) is 14.2 Å². The number of ketones is 1. The minimum Gasteiger partial charge on any atom is -0.485 e. The zero-order valence-electron chi connectivity index (χ0n) is 32.3. The topological polar surface area (TPSA) is 114 Å². The van der Waals surface area contributed by atoms with E-state index in [0.29, 0.717) is 40.1 Å². The van der Waals surface area contributed by atoms with Crippen LogP contribution < -0.4 is 19.5 Å². The Balaban J connectivity index is 0.990. The summed E-state index contributed by atoms with van der Waals surface area (Å²) in [6.07, 6.45) is 6.92. The quantitative estimate of drug-likeness (QED) is 0.135. The normalized spacial score (nSPS) is 31.5. The first-order valence-corrected chi connectivity index (χ1v) is 19.8. The predicted octanol–water partition coefficient (Wildman–Crippen LogP) is 8.36. The highest BCUT2D eigenvalue weighted by molar-refractivity contribution is 5.95. The third kappa shape index (κ3) is 5.06. The number of carbonyl (C=O) groups is 3. The van der Waals surface area contributed by atoms with Gasteiger partial charge in [-0.15, -0.1) is 0 Å². The van der Waals surface area contributed by atoms with E-state index in [1.165, 1.54) is 30.9 Å². The van der Waals surface area contributed by atoms with E-state index in [-0.39, 0.29) is 39.5 Å². The van der Waals surface area contributed by atoms with Crippen LogP contribution in [0.4, 0.5) is 10.5 Å². The zero-order valence-corrected chi connectivity index (χ0v) is 32.3. The third-order valence-electron chi connectivity index (χ3n) is 15.0. The van der Waals surface area contributed by atoms with Crippen LogP contribution in [0.1, 0.15) is 112 Å². The van der Waals surface area contributed by atoms with Gasteiger partial charge in [-0.1, -0.05) is 33.8 Å². The summed E-state index contributed by atoms with van der Waals surface area (Å²) in [5.74, 6) is 1.68. The number of anilines is 1. The number of ether oxygens (including phenoxy) is 3. The monoisotopic (exact) mass is 732 g/mol. The van der Waals surface area contributed by atoms with E-state index < -0.39 is 17.7 Å². The maximum atomic E-state index is 13.5. The lowest BCUT2D eigenvalue weighted by molar-refractivity contribution is -0.276. The SMILES string of the molecule is CC(=O)c1ccc(OC(=O)c2ccc(NC(=O)Oc3ccc4c5c3O[C@H]3[C@]6(C)CC[C@@]7(C[C@@H]6C(C)(O)C(C)(C)C)[C@@H](C4)N(CC4CC4)CC[C@]537)cc2)cc1. The first-order valence-electron chi connectivity index (χ1n) is 19.8. The lowest BCUT2D eigenvalue weighted by Crippen LogP contribution is -2.80. The standard InChI is InChI=1S/C45H52N2O7/c1-26(48)28-11-16-32(17-12-28)52-38(49)29-9-14-31(15-10-29)46-40(50)53-33-18-13-30-23-35-44-20-19-42(5,34(24-44)43(6,51)41(2,3)4)39-45(44,36(30)37(33)54-39)21-22-47(35)25-27-7-8-27/h9-18,27,34-35,39,51H,7-8,19-25H2,1-6H3,(H,46,50)/t34-,35+,39-,42+,43?,44+,45-/m0/s1. The van der Waals surface area contributed by atoms with Gasteiger partial charge in [0.05, 0.1) is 11.2 Å². The van der Waals surface area contributed by atoms with Crippen molar-refractivity contribution < 1.29 is 33.7 Å².